The van der Waals surface area contributed by atoms with Crippen molar-refractivity contribution in [2.45, 2.75) is 36.2 Å². The average Bonchev–Trinajstić information content (AvgIpc) is 3.30. The lowest BCUT2D eigenvalue weighted by Crippen LogP contribution is -2.24. The molecule has 0 radical (unpaired) electrons. The zero-order valence-corrected chi connectivity index (χ0v) is 20.3. The number of carbonyl (C=O) groups is 1. The van der Waals surface area contributed by atoms with Crippen LogP contribution in [0.4, 0.5) is 13.2 Å². The Morgan fingerprint density at radius 1 is 1.03 bits per heavy atom. The van der Waals surface area contributed by atoms with Gasteiger partial charge in [0.15, 0.2) is 9.84 Å². The lowest BCUT2D eigenvalue weighted by Gasteiger charge is -2.20. The summed E-state index contributed by atoms with van der Waals surface area (Å²) in [4.78, 5) is 11.5. The second kappa shape index (κ2) is 9.77. The van der Waals surface area contributed by atoms with Crippen LogP contribution in [0.5, 0.6) is 5.75 Å². The molecular weight excluding hydrogens is 493 g/mol. The molecule has 0 aliphatic carbocycles. The number of rotatable bonds is 6. The van der Waals surface area contributed by atoms with Gasteiger partial charge in [-0.05, 0) is 41.0 Å². The zero-order valence-electron chi connectivity index (χ0n) is 19.5. The van der Waals surface area contributed by atoms with Crippen LogP contribution >= 0.6 is 0 Å². The van der Waals surface area contributed by atoms with Gasteiger partial charge in [-0.2, -0.15) is 18.3 Å². The SMILES string of the molecule is COc1ccc(C2CC(c3ccc(CS(=O)(=O)c4ccccc4C(F)(F)F)cc3)=NN2C(C)=O)cc1. The number of hydrogen-bond donors (Lipinski definition) is 0. The minimum absolute atomic E-state index is 0.225. The summed E-state index contributed by atoms with van der Waals surface area (Å²) in [6.45, 7) is 1.43. The summed E-state index contributed by atoms with van der Waals surface area (Å²) in [5, 5.41) is 5.88. The maximum Gasteiger partial charge on any atom is 0.417 e. The third-order valence-corrected chi connectivity index (χ3v) is 7.64. The van der Waals surface area contributed by atoms with Crippen LogP contribution in [0, 0.1) is 0 Å². The van der Waals surface area contributed by atoms with Crippen LogP contribution in [0.1, 0.15) is 41.6 Å². The van der Waals surface area contributed by atoms with E-state index in [0.29, 0.717) is 29.0 Å². The van der Waals surface area contributed by atoms with Gasteiger partial charge in [-0.1, -0.05) is 48.5 Å². The number of nitrogens with zero attached hydrogens (tertiary/aromatic N) is 2. The molecule has 0 aromatic heterocycles. The predicted molar refractivity (Wildman–Crippen MR) is 128 cm³/mol. The van der Waals surface area contributed by atoms with Crippen molar-refractivity contribution in [1.29, 1.82) is 0 Å². The third kappa shape index (κ3) is 5.28. The molecular formula is C26H23F3N2O4S. The summed E-state index contributed by atoms with van der Waals surface area (Å²) in [5.41, 5.74) is 1.37. The van der Waals surface area contributed by atoms with Gasteiger partial charge in [-0.3, -0.25) is 4.79 Å². The maximum absolute atomic E-state index is 13.3. The first kappa shape index (κ1) is 25.4. The number of amides is 1. The molecule has 10 heteroatoms. The highest BCUT2D eigenvalue weighted by molar-refractivity contribution is 7.90. The number of carbonyl (C=O) groups excluding carboxylic acids is 1. The molecule has 0 N–H and O–H groups in total. The quantitative estimate of drug-likeness (QED) is 0.441. The van der Waals surface area contributed by atoms with E-state index in [1.165, 1.54) is 18.0 Å². The minimum atomic E-state index is -4.78. The fourth-order valence-electron chi connectivity index (χ4n) is 4.12. The van der Waals surface area contributed by atoms with Crippen molar-refractivity contribution in [3.63, 3.8) is 0 Å². The summed E-state index contributed by atoms with van der Waals surface area (Å²) in [5.74, 6) is -0.117. The van der Waals surface area contributed by atoms with Crippen LogP contribution < -0.4 is 4.74 Å². The largest absolute Gasteiger partial charge is 0.497 e. The molecule has 1 heterocycles. The first-order chi connectivity index (χ1) is 17.0. The number of halogens is 3. The molecule has 1 atom stereocenters. The molecule has 0 bridgehead atoms. The van der Waals surface area contributed by atoms with Crippen molar-refractivity contribution in [2.75, 3.05) is 7.11 Å². The smallest absolute Gasteiger partial charge is 0.417 e. The number of ether oxygens (including phenoxy) is 1. The van der Waals surface area contributed by atoms with E-state index in [1.807, 2.05) is 12.1 Å². The first-order valence-electron chi connectivity index (χ1n) is 11.0. The highest BCUT2D eigenvalue weighted by atomic mass is 32.2. The molecule has 0 fully saturated rings. The molecule has 1 aliphatic rings. The van der Waals surface area contributed by atoms with Gasteiger partial charge in [0.05, 0.1) is 35.1 Å². The number of hydrazone groups is 1. The van der Waals surface area contributed by atoms with E-state index < -0.39 is 32.2 Å². The number of methoxy groups -OCH3 is 1. The van der Waals surface area contributed by atoms with Gasteiger partial charge in [0.2, 0.25) is 5.91 Å². The van der Waals surface area contributed by atoms with Gasteiger partial charge in [0.1, 0.15) is 5.75 Å². The Balaban J connectivity index is 1.55. The minimum Gasteiger partial charge on any atom is -0.497 e. The van der Waals surface area contributed by atoms with Gasteiger partial charge < -0.3 is 4.74 Å². The van der Waals surface area contributed by atoms with Crippen molar-refractivity contribution in [3.05, 3.63) is 95.1 Å². The molecule has 1 amide bonds. The summed E-state index contributed by atoms with van der Waals surface area (Å²) in [7, 11) is -2.68. The molecule has 188 valence electrons. The van der Waals surface area contributed by atoms with Crippen molar-refractivity contribution < 1.29 is 31.1 Å². The van der Waals surface area contributed by atoms with E-state index in [1.54, 1.807) is 43.5 Å². The topological polar surface area (TPSA) is 76.0 Å². The molecule has 36 heavy (non-hydrogen) atoms. The lowest BCUT2D eigenvalue weighted by molar-refractivity contribution is -0.139. The molecule has 3 aromatic rings. The monoisotopic (exact) mass is 516 g/mol. The highest BCUT2D eigenvalue weighted by Crippen LogP contribution is 2.36. The summed E-state index contributed by atoms with van der Waals surface area (Å²) >= 11 is 0. The van der Waals surface area contributed by atoms with E-state index in [2.05, 4.69) is 5.10 Å². The predicted octanol–water partition coefficient (Wildman–Crippen LogP) is 5.39. The third-order valence-electron chi connectivity index (χ3n) is 5.90. The Morgan fingerprint density at radius 3 is 2.25 bits per heavy atom. The van der Waals surface area contributed by atoms with E-state index in [-0.39, 0.29) is 11.9 Å². The van der Waals surface area contributed by atoms with E-state index in [0.717, 1.165) is 23.8 Å². The first-order valence-corrected chi connectivity index (χ1v) is 12.6. The van der Waals surface area contributed by atoms with Crippen LogP contribution in [0.3, 0.4) is 0 Å². The molecule has 1 unspecified atom stereocenters. The van der Waals surface area contributed by atoms with Crippen LogP contribution in [0.25, 0.3) is 0 Å². The summed E-state index contributed by atoms with van der Waals surface area (Å²) in [6, 6.07) is 17.6. The van der Waals surface area contributed by atoms with Gasteiger partial charge in [-0.15, -0.1) is 0 Å². The maximum atomic E-state index is 13.3. The summed E-state index contributed by atoms with van der Waals surface area (Å²) < 4.78 is 70.7. The Kier molecular flexibility index (Phi) is 6.90. The van der Waals surface area contributed by atoms with Gasteiger partial charge >= 0.3 is 6.18 Å². The van der Waals surface area contributed by atoms with E-state index in [9.17, 15) is 26.4 Å². The fourth-order valence-corrected chi connectivity index (χ4v) is 5.71. The van der Waals surface area contributed by atoms with Gasteiger partial charge in [-0.25, -0.2) is 13.4 Å². The molecule has 1 aliphatic heterocycles. The lowest BCUT2D eigenvalue weighted by atomic mass is 9.98. The van der Waals surface area contributed by atoms with Crippen LogP contribution in [0.2, 0.25) is 0 Å². The molecule has 0 spiro atoms. The number of alkyl halides is 3. The van der Waals surface area contributed by atoms with Crippen molar-refractivity contribution in [2.24, 2.45) is 5.10 Å². The molecule has 3 aromatic carbocycles. The fraction of sp³-hybridized carbons (Fsp3) is 0.231. The van der Waals surface area contributed by atoms with Gasteiger partial charge in [0, 0.05) is 13.3 Å². The van der Waals surface area contributed by atoms with E-state index in [4.69, 9.17) is 4.74 Å². The van der Waals surface area contributed by atoms with Gasteiger partial charge in [0.25, 0.3) is 0 Å². The highest BCUT2D eigenvalue weighted by Gasteiger charge is 2.37. The molecule has 6 nitrogen and oxygen atoms in total. The van der Waals surface area contributed by atoms with Crippen LogP contribution in [-0.4, -0.2) is 32.2 Å². The normalized spacial score (nSPS) is 16.1. The molecule has 4 rings (SSSR count). The number of benzene rings is 3. The van der Waals surface area contributed by atoms with Crippen LogP contribution in [-0.2, 0) is 26.6 Å². The Morgan fingerprint density at radius 2 is 1.67 bits per heavy atom. The van der Waals surface area contributed by atoms with Crippen molar-refractivity contribution in [1.82, 2.24) is 5.01 Å². The Bertz CT molecular complexity index is 1400. The molecule has 0 saturated heterocycles. The summed E-state index contributed by atoms with van der Waals surface area (Å²) in [6.07, 6.45) is -4.33. The second-order valence-corrected chi connectivity index (χ2v) is 10.3. The molecule has 0 saturated carbocycles. The Hall–Kier alpha value is -3.66. The Labute approximate surface area is 206 Å². The van der Waals surface area contributed by atoms with Crippen molar-refractivity contribution >= 4 is 21.5 Å². The van der Waals surface area contributed by atoms with E-state index >= 15 is 0 Å². The average molecular weight is 517 g/mol. The zero-order chi connectivity index (χ0) is 26.1. The van der Waals surface area contributed by atoms with Crippen LogP contribution in [0.15, 0.2) is 82.8 Å². The standard InChI is InChI=1S/C26H23F3N2O4S/c1-17(32)31-24(20-11-13-21(35-2)14-12-20)15-23(30-31)19-9-7-18(8-10-19)16-36(33,34)25-6-4-3-5-22(25)26(27,28)29/h3-14,24H,15-16H2,1-2H3. The number of sulfone groups is 1. The number of hydrogen-bond acceptors (Lipinski definition) is 5. The van der Waals surface area contributed by atoms with Crippen molar-refractivity contribution in [3.8, 4) is 5.75 Å². The second-order valence-electron chi connectivity index (χ2n) is 8.35.